The average Bonchev–Trinajstić information content (AvgIpc) is 3.42. The van der Waals surface area contributed by atoms with E-state index >= 15 is 0 Å². The van der Waals surface area contributed by atoms with Crippen molar-refractivity contribution in [2.75, 3.05) is 40.9 Å². The summed E-state index contributed by atoms with van der Waals surface area (Å²) in [5, 5.41) is 13.9. The van der Waals surface area contributed by atoms with Gasteiger partial charge in [0.2, 0.25) is 5.91 Å². The van der Waals surface area contributed by atoms with E-state index in [-0.39, 0.29) is 25.5 Å². The smallest absolute Gasteiger partial charge is 0.387 e. The van der Waals surface area contributed by atoms with E-state index in [9.17, 15) is 19.4 Å². The van der Waals surface area contributed by atoms with Gasteiger partial charge in [-0.15, -0.1) is 0 Å². The van der Waals surface area contributed by atoms with Crippen molar-refractivity contribution < 1.29 is 32.9 Å². The largest absolute Gasteiger partial charge is 0.472 e. The Labute approximate surface area is 494 Å². The number of likely N-dealkylation sites (N-methyl/N-ethyl adjacent to an activating group) is 1. The molecule has 0 saturated carbocycles. The zero-order valence-corrected chi connectivity index (χ0v) is 53.2. The van der Waals surface area contributed by atoms with Gasteiger partial charge >= 0.3 is 7.82 Å². The summed E-state index contributed by atoms with van der Waals surface area (Å²) >= 11 is 0. The second-order valence-corrected chi connectivity index (χ2v) is 24.2. The first-order valence-corrected chi connectivity index (χ1v) is 34.1. The SMILES string of the molecule is CC/C=C\C/C=C\C/C=C\C/C=C\C/C=C\C/C=C\C/C=C\C/C=C\CCCCC(=O)NC(COP(=O)(O)OCC[N+](C)(C)C)C(O)/C=C/CC/C=C/CC/C=C/CCCCCCCCCCCCCCCCCCCCCCC. The minimum absolute atomic E-state index is 0.0370. The van der Waals surface area contributed by atoms with E-state index in [1.165, 1.54) is 141 Å². The molecule has 0 saturated heterocycles. The number of unbranched alkanes of at least 4 members (excludes halogenated alkanes) is 25. The Bertz CT molecular complexity index is 1760. The van der Waals surface area contributed by atoms with Gasteiger partial charge in [-0.1, -0.05) is 276 Å². The predicted octanol–water partition coefficient (Wildman–Crippen LogP) is 20.7. The van der Waals surface area contributed by atoms with Crippen LogP contribution in [-0.4, -0.2) is 73.4 Å². The molecule has 9 heteroatoms. The molecule has 80 heavy (non-hydrogen) atoms. The number of rotatable bonds is 58. The minimum atomic E-state index is -4.39. The van der Waals surface area contributed by atoms with Crippen molar-refractivity contribution >= 4 is 13.7 Å². The maximum atomic E-state index is 13.0. The molecule has 3 atom stereocenters. The number of aliphatic hydroxyl groups is 1. The molecule has 0 fully saturated rings. The first-order chi connectivity index (χ1) is 39.0. The number of hydrogen-bond acceptors (Lipinski definition) is 5. The highest BCUT2D eigenvalue weighted by atomic mass is 31.2. The van der Waals surface area contributed by atoms with Crippen LogP contribution >= 0.6 is 7.82 Å². The van der Waals surface area contributed by atoms with Crippen LogP contribution in [0.5, 0.6) is 0 Å². The topological polar surface area (TPSA) is 105 Å². The van der Waals surface area contributed by atoms with Gasteiger partial charge in [0.25, 0.3) is 0 Å². The first kappa shape index (κ1) is 76.6. The molecule has 458 valence electrons. The fourth-order valence-electron chi connectivity index (χ4n) is 8.80. The van der Waals surface area contributed by atoms with Gasteiger partial charge in [-0.25, -0.2) is 4.57 Å². The van der Waals surface area contributed by atoms with Crippen LogP contribution in [0.4, 0.5) is 0 Å². The molecule has 1 amide bonds. The van der Waals surface area contributed by atoms with Gasteiger partial charge in [-0.2, -0.15) is 0 Å². The third-order valence-corrected chi connectivity index (χ3v) is 14.8. The second-order valence-electron chi connectivity index (χ2n) is 22.7. The van der Waals surface area contributed by atoms with Gasteiger partial charge in [-0.05, 0) is 109 Å². The summed E-state index contributed by atoms with van der Waals surface area (Å²) in [6.07, 6.45) is 91.7. The number of amides is 1. The second kappa shape index (κ2) is 60.2. The molecule has 0 heterocycles. The molecular weight excluding hydrogens is 1010 g/mol. The quantitative estimate of drug-likeness (QED) is 0.0243. The van der Waals surface area contributed by atoms with Gasteiger partial charge < -0.3 is 19.8 Å². The maximum Gasteiger partial charge on any atom is 0.472 e. The highest BCUT2D eigenvalue weighted by Gasteiger charge is 2.27. The predicted molar refractivity (Wildman–Crippen MR) is 350 cm³/mol. The number of phosphoric ester groups is 1. The third kappa shape index (κ3) is 62.2. The molecule has 0 aliphatic carbocycles. The van der Waals surface area contributed by atoms with Gasteiger partial charge in [0.15, 0.2) is 0 Å². The van der Waals surface area contributed by atoms with E-state index in [0.717, 1.165) is 89.9 Å². The first-order valence-electron chi connectivity index (χ1n) is 32.6. The zero-order chi connectivity index (χ0) is 58.4. The minimum Gasteiger partial charge on any atom is -0.387 e. The van der Waals surface area contributed by atoms with Crippen LogP contribution in [0.25, 0.3) is 0 Å². The average molecular weight is 1130 g/mol. The van der Waals surface area contributed by atoms with Gasteiger partial charge in [0, 0.05) is 6.42 Å². The standard InChI is InChI=1S/C71H123N2O6P/c1-6-8-10-12-14-16-18-20-22-24-26-28-30-32-34-35-36-37-39-40-42-44-46-48-50-52-54-56-58-60-62-64-70(74)69(68-79-80(76,77)78-67-66-73(3,4)5)72-71(75)65-63-61-59-57-55-53-51-49-47-45-43-41-38-33-31-29-27-25-23-21-19-17-15-13-11-9-7-2/h9,11,15,17,21,23,27,29,33,38,43,45-46,48-49,51,54-57,62,64,69-70,74H,6-8,10,12-14,16,18-20,22,24-26,28,30-32,34-37,39-42,44,47,50,52-53,58-61,63,65-68H2,1-5H3,(H-,72,75,76,77)/p+1/b11-9-,17-15-,23-21-,29-27-,38-33-,45-43-,48-46+,51-49-,56-54+,57-55-,64-62+. The van der Waals surface area contributed by atoms with E-state index in [2.05, 4.69) is 141 Å². The van der Waals surface area contributed by atoms with Crippen LogP contribution in [0.3, 0.4) is 0 Å². The molecule has 0 radical (unpaired) electrons. The highest BCUT2D eigenvalue weighted by molar-refractivity contribution is 7.47. The third-order valence-electron chi connectivity index (χ3n) is 13.8. The molecule has 0 aromatic carbocycles. The molecule has 0 spiro atoms. The fourth-order valence-corrected chi connectivity index (χ4v) is 9.53. The van der Waals surface area contributed by atoms with E-state index in [1.54, 1.807) is 6.08 Å². The summed E-state index contributed by atoms with van der Waals surface area (Å²) in [4.78, 5) is 23.3. The van der Waals surface area contributed by atoms with E-state index < -0.39 is 20.0 Å². The van der Waals surface area contributed by atoms with Gasteiger partial charge in [0.1, 0.15) is 13.2 Å². The van der Waals surface area contributed by atoms with Crippen molar-refractivity contribution in [3.05, 3.63) is 134 Å². The molecule has 3 N–H and O–H groups in total. The number of aliphatic hydroxyl groups excluding tert-OH is 1. The summed E-state index contributed by atoms with van der Waals surface area (Å²) in [5.41, 5.74) is 0. The van der Waals surface area contributed by atoms with Crippen molar-refractivity contribution in [2.45, 2.75) is 270 Å². The Kier molecular flexibility index (Phi) is 57.7. The van der Waals surface area contributed by atoms with Crippen LogP contribution in [0.2, 0.25) is 0 Å². The van der Waals surface area contributed by atoms with Crippen molar-refractivity contribution in [1.29, 1.82) is 0 Å². The Balaban J connectivity index is 4.32. The number of carbonyl (C=O) groups excluding carboxylic acids is 1. The Morgan fingerprint density at radius 2 is 0.762 bits per heavy atom. The van der Waals surface area contributed by atoms with Gasteiger partial charge in [-0.3, -0.25) is 13.8 Å². The number of allylic oxidation sites excluding steroid dienone is 21. The molecule has 0 aromatic rings. The number of carbonyl (C=O) groups is 1. The summed E-state index contributed by atoms with van der Waals surface area (Å²) in [6.45, 7) is 4.64. The van der Waals surface area contributed by atoms with Crippen molar-refractivity contribution in [1.82, 2.24) is 5.32 Å². The Hall–Kier alpha value is -3.36. The number of nitrogens with one attached hydrogen (secondary N) is 1. The lowest BCUT2D eigenvalue weighted by Gasteiger charge is -2.25. The lowest BCUT2D eigenvalue weighted by molar-refractivity contribution is -0.870. The van der Waals surface area contributed by atoms with Crippen molar-refractivity contribution in [3.63, 3.8) is 0 Å². The van der Waals surface area contributed by atoms with Gasteiger partial charge in [0.05, 0.1) is 39.9 Å². The Morgan fingerprint density at radius 1 is 0.438 bits per heavy atom. The van der Waals surface area contributed by atoms with Crippen LogP contribution in [0, 0.1) is 0 Å². The number of nitrogens with zero attached hydrogens (tertiary/aromatic N) is 1. The maximum absolute atomic E-state index is 13.0. The summed E-state index contributed by atoms with van der Waals surface area (Å²) in [7, 11) is 1.50. The van der Waals surface area contributed by atoms with Crippen LogP contribution in [0.1, 0.15) is 258 Å². The lowest BCUT2D eigenvalue weighted by atomic mass is 10.0. The number of hydrogen-bond donors (Lipinski definition) is 3. The fraction of sp³-hybridized carbons (Fsp3) is 0.676. The summed E-state index contributed by atoms with van der Waals surface area (Å²) < 4.78 is 23.7. The van der Waals surface area contributed by atoms with Crippen LogP contribution in [-0.2, 0) is 18.4 Å². The number of phosphoric acid groups is 1. The van der Waals surface area contributed by atoms with E-state index in [4.69, 9.17) is 9.05 Å². The van der Waals surface area contributed by atoms with Crippen molar-refractivity contribution in [2.24, 2.45) is 0 Å². The monoisotopic (exact) mass is 1130 g/mol. The molecule has 0 bridgehead atoms. The zero-order valence-electron chi connectivity index (χ0n) is 52.3. The molecule has 0 aliphatic heterocycles. The van der Waals surface area contributed by atoms with Crippen molar-refractivity contribution in [3.8, 4) is 0 Å². The Morgan fingerprint density at radius 3 is 1.15 bits per heavy atom. The molecule has 0 aromatic heterocycles. The highest BCUT2D eigenvalue weighted by Crippen LogP contribution is 2.43. The van der Waals surface area contributed by atoms with E-state index in [0.29, 0.717) is 17.4 Å². The number of quaternary nitrogens is 1. The molecule has 0 rings (SSSR count). The van der Waals surface area contributed by atoms with Crippen LogP contribution in [0.15, 0.2) is 134 Å². The summed E-state index contributed by atoms with van der Waals surface area (Å²) in [6, 6.07) is -0.906. The molecule has 3 unspecified atom stereocenters. The molecule has 0 aliphatic rings. The lowest BCUT2D eigenvalue weighted by Crippen LogP contribution is -2.45. The summed E-state index contributed by atoms with van der Waals surface area (Å²) in [5.74, 6) is -0.237. The molecular formula is C71H124N2O6P+. The van der Waals surface area contributed by atoms with E-state index in [1.807, 2.05) is 27.2 Å². The normalized spacial score (nSPS) is 14.6. The van der Waals surface area contributed by atoms with Crippen LogP contribution < -0.4 is 5.32 Å². The molecule has 8 nitrogen and oxygen atoms in total.